The first kappa shape index (κ1) is 16.0. The molecule has 0 saturated heterocycles. The van der Waals surface area contributed by atoms with Gasteiger partial charge in [0.05, 0.1) is 13.2 Å². The Balaban J connectivity index is 2.36. The van der Waals surface area contributed by atoms with Crippen molar-refractivity contribution in [1.29, 1.82) is 0 Å². The maximum atomic E-state index is 11.8. The summed E-state index contributed by atoms with van der Waals surface area (Å²) < 4.78 is 5.30. The molecule has 0 spiro atoms. The molecular formula is C15H22N2O3. The maximum Gasteiger partial charge on any atom is 0.251 e. The fourth-order valence-electron chi connectivity index (χ4n) is 1.60. The third-order valence-corrected chi connectivity index (χ3v) is 2.69. The summed E-state index contributed by atoms with van der Waals surface area (Å²) in [6, 6.07) is 6.82. The lowest BCUT2D eigenvalue weighted by molar-refractivity contribution is -0.120. The number of hydrogen-bond donors (Lipinski definition) is 2. The second-order valence-electron chi connectivity index (χ2n) is 4.34. The predicted molar refractivity (Wildman–Crippen MR) is 77.9 cm³/mol. The Morgan fingerprint density at radius 1 is 1.10 bits per heavy atom. The minimum absolute atomic E-state index is 0.00421. The molecule has 2 amide bonds. The maximum absolute atomic E-state index is 11.8. The quantitative estimate of drug-likeness (QED) is 0.712. The lowest BCUT2D eigenvalue weighted by Crippen LogP contribution is -2.37. The molecule has 1 aromatic rings. The van der Waals surface area contributed by atoms with Gasteiger partial charge in [0.15, 0.2) is 0 Å². The Morgan fingerprint density at radius 3 is 2.40 bits per heavy atom. The van der Waals surface area contributed by atoms with Gasteiger partial charge < -0.3 is 15.4 Å². The highest BCUT2D eigenvalue weighted by Gasteiger charge is 2.07. The molecule has 0 aliphatic heterocycles. The first-order chi connectivity index (χ1) is 9.67. The van der Waals surface area contributed by atoms with Crippen molar-refractivity contribution < 1.29 is 14.3 Å². The smallest absolute Gasteiger partial charge is 0.251 e. The summed E-state index contributed by atoms with van der Waals surface area (Å²) >= 11 is 0. The van der Waals surface area contributed by atoms with Gasteiger partial charge in [0.2, 0.25) is 5.91 Å². The van der Waals surface area contributed by atoms with E-state index in [1.54, 1.807) is 24.3 Å². The minimum atomic E-state index is -0.265. The summed E-state index contributed by atoms with van der Waals surface area (Å²) in [4.78, 5) is 23.3. The summed E-state index contributed by atoms with van der Waals surface area (Å²) in [5.74, 6) is 0.290. The number of unbranched alkanes of at least 4 members (excludes halogenated alkanes) is 1. The van der Waals surface area contributed by atoms with Crippen molar-refractivity contribution in [1.82, 2.24) is 10.6 Å². The van der Waals surface area contributed by atoms with Crippen LogP contribution >= 0.6 is 0 Å². The van der Waals surface area contributed by atoms with Crippen molar-refractivity contribution in [2.45, 2.75) is 26.7 Å². The summed E-state index contributed by atoms with van der Waals surface area (Å²) in [6.07, 6.45) is 1.97. The number of carbonyl (C=O) groups excluding carboxylic acids is 2. The van der Waals surface area contributed by atoms with E-state index in [1.165, 1.54) is 0 Å². The van der Waals surface area contributed by atoms with Crippen molar-refractivity contribution >= 4 is 11.8 Å². The topological polar surface area (TPSA) is 67.4 Å². The molecule has 20 heavy (non-hydrogen) atoms. The van der Waals surface area contributed by atoms with Gasteiger partial charge in [-0.15, -0.1) is 0 Å². The van der Waals surface area contributed by atoms with Crippen molar-refractivity contribution in [2.24, 2.45) is 0 Å². The van der Waals surface area contributed by atoms with Crippen LogP contribution in [0.5, 0.6) is 5.75 Å². The van der Waals surface area contributed by atoms with Gasteiger partial charge in [-0.25, -0.2) is 0 Å². The van der Waals surface area contributed by atoms with Crippen molar-refractivity contribution in [3.8, 4) is 5.75 Å². The molecule has 1 rings (SSSR count). The largest absolute Gasteiger partial charge is 0.494 e. The van der Waals surface area contributed by atoms with E-state index in [-0.39, 0.29) is 18.4 Å². The van der Waals surface area contributed by atoms with Crippen LogP contribution in [-0.2, 0) is 4.79 Å². The highest BCUT2D eigenvalue weighted by Crippen LogP contribution is 2.11. The second kappa shape index (κ2) is 8.96. The average Bonchev–Trinajstić information content (AvgIpc) is 2.46. The third-order valence-electron chi connectivity index (χ3n) is 2.69. The summed E-state index contributed by atoms with van der Waals surface area (Å²) in [6.45, 7) is 5.19. The molecule has 0 saturated carbocycles. The van der Waals surface area contributed by atoms with Crippen molar-refractivity contribution in [3.05, 3.63) is 29.8 Å². The Labute approximate surface area is 119 Å². The van der Waals surface area contributed by atoms with Crippen molar-refractivity contribution in [2.75, 3.05) is 19.7 Å². The Morgan fingerprint density at radius 2 is 1.80 bits per heavy atom. The highest BCUT2D eigenvalue weighted by atomic mass is 16.5. The van der Waals surface area contributed by atoms with E-state index in [2.05, 4.69) is 17.6 Å². The average molecular weight is 278 g/mol. The molecule has 0 atom stereocenters. The van der Waals surface area contributed by atoms with E-state index >= 15 is 0 Å². The monoisotopic (exact) mass is 278 g/mol. The van der Waals surface area contributed by atoms with E-state index < -0.39 is 0 Å². The first-order valence-corrected chi connectivity index (χ1v) is 6.95. The Bertz CT molecular complexity index is 429. The van der Waals surface area contributed by atoms with Crippen LogP contribution in [0.3, 0.4) is 0 Å². The second-order valence-corrected chi connectivity index (χ2v) is 4.34. The SMILES string of the molecule is CCCCNC(=O)CNC(=O)c1ccc(OCC)cc1. The van der Waals surface area contributed by atoms with Crippen LogP contribution in [0, 0.1) is 0 Å². The number of ether oxygens (including phenoxy) is 1. The molecule has 5 heteroatoms. The van der Waals surface area contributed by atoms with Gasteiger partial charge in [0.25, 0.3) is 5.91 Å². The molecule has 0 heterocycles. The number of carbonyl (C=O) groups is 2. The van der Waals surface area contributed by atoms with Crippen molar-refractivity contribution in [3.63, 3.8) is 0 Å². The molecule has 0 aliphatic rings. The van der Waals surface area contributed by atoms with E-state index in [0.29, 0.717) is 18.7 Å². The van der Waals surface area contributed by atoms with Gasteiger partial charge in [-0.05, 0) is 37.6 Å². The predicted octanol–water partition coefficient (Wildman–Crippen LogP) is 1.73. The molecule has 0 fully saturated rings. The molecule has 0 aromatic heterocycles. The van der Waals surface area contributed by atoms with Gasteiger partial charge in [-0.1, -0.05) is 13.3 Å². The Kier molecular flexibility index (Phi) is 7.17. The molecule has 0 unspecified atom stereocenters. The molecular weight excluding hydrogens is 256 g/mol. The lowest BCUT2D eigenvalue weighted by Gasteiger charge is -2.07. The van der Waals surface area contributed by atoms with Crippen LogP contribution in [0.1, 0.15) is 37.0 Å². The molecule has 1 aromatic carbocycles. The van der Waals surface area contributed by atoms with Crippen LogP contribution in [-0.4, -0.2) is 31.5 Å². The van der Waals surface area contributed by atoms with Crippen LogP contribution in [0.2, 0.25) is 0 Å². The lowest BCUT2D eigenvalue weighted by atomic mass is 10.2. The molecule has 0 radical (unpaired) electrons. The van der Waals surface area contributed by atoms with E-state index in [1.807, 2.05) is 6.92 Å². The first-order valence-electron chi connectivity index (χ1n) is 6.95. The number of nitrogens with one attached hydrogen (secondary N) is 2. The van der Waals surface area contributed by atoms with Crippen LogP contribution < -0.4 is 15.4 Å². The van der Waals surface area contributed by atoms with Crippen LogP contribution in [0.25, 0.3) is 0 Å². The van der Waals surface area contributed by atoms with Gasteiger partial charge in [0, 0.05) is 12.1 Å². The zero-order valence-corrected chi connectivity index (χ0v) is 12.1. The molecule has 0 aliphatic carbocycles. The molecule has 5 nitrogen and oxygen atoms in total. The van der Waals surface area contributed by atoms with Gasteiger partial charge in [-0.2, -0.15) is 0 Å². The zero-order valence-electron chi connectivity index (χ0n) is 12.1. The summed E-state index contributed by atoms with van der Waals surface area (Å²) in [5, 5.41) is 5.33. The van der Waals surface area contributed by atoms with E-state index in [9.17, 15) is 9.59 Å². The van der Waals surface area contributed by atoms with Gasteiger partial charge in [-0.3, -0.25) is 9.59 Å². The molecule has 2 N–H and O–H groups in total. The third kappa shape index (κ3) is 5.73. The zero-order chi connectivity index (χ0) is 14.8. The highest BCUT2D eigenvalue weighted by molar-refractivity contribution is 5.96. The summed E-state index contributed by atoms with van der Waals surface area (Å²) in [7, 11) is 0. The molecule has 0 bridgehead atoms. The van der Waals surface area contributed by atoms with Crippen LogP contribution in [0.15, 0.2) is 24.3 Å². The van der Waals surface area contributed by atoms with E-state index in [4.69, 9.17) is 4.74 Å². The van der Waals surface area contributed by atoms with Gasteiger partial charge in [0.1, 0.15) is 5.75 Å². The fourth-order valence-corrected chi connectivity index (χ4v) is 1.60. The molecule has 110 valence electrons. The number of hydrogen-bond acceptors (Lipinski definition) is 3. The number of amides is 2. The van der Waals surface area contributed by atoms with Gasteiger partial charge >= 0.3 is 0 Å². The standard InChI is InChI=1S/C15H22N2O3/c1-3-5-10-16-14(18)11-17-15(19)12-6-8-13(9-7-12)20-4-2/h6-9H,3-5,10-11H2,1-2H3,(H,16,18)(H,17,19). The minimum Gasteiger partial charge on any atom is -0.494 e. The normalized spacial score (nSPS) is 9.90. The summed E-state index contributed by atoms with van der Waals surface area (Å²) in [5.41, 5.74) is 0.509. The van der Waals surface area contributed by atoms with Crippen LogP contribution in [0.4, 0.5) is 0 Å². The fraction of sp³-hybridized carbons (Fsp3) is 0.467. The number of benzene rings is 1. The Hall–Kier alpha value is -2.04. The van der Waals surface area contributed by atoms with E-state index in [0.717, 1.165) is 18.6 Å². The number of rotatable bonds is 8.